The van der Waals surface area contributed by atoms with Crippen LogP contribution < -0.4 is 5.73 Å². The van der Waals surface area contributed by atoms with Gasteiger partial charge in [-0.05, 0) is 12.1 Å². The molecule has 1 aromatic rings. The van der Waals surface area contributed by atoms with Crippen molar-refractivity contribution < 1.29 is 0 Å². The second kappa shape index (κ2) is 4.50. The van der Waals surface area contributed by atoms with Crippen LogP contribution in [0.2, 0.25) is 10.3 Å². The molecule has 3 N–H and O–H groups in total. The highest BCUT2D eigenvalue weighted by molar-refractivity contribution is 6.33. The standard InChI is InChI=1S/C6H5Cl2N3.ClH/c7-4-1-3(6(9)10)2-5(8)11-4;/h1-2H,(H3,9,10);1H. The first kappa shape index (κ1) is 11.5. The minimum atomic E-state index is -0.0730. The second-order valence-corrected chi connectivity index (χ2v) is 2.69. The number of amidine groups is 1. The van der Waals surface area contributed by atoms with Crippen LogP contribution in [0.1, 0.15) is 5.56 Å². The molecule has 0 spiro atoms. The maximum absolute atomic E-state index is 7.06. The Morgan fingerprint density at radius 1 is 1.33 bits per heavy atom. The molecule has 1 heterocycles. The minimum Gasteiger partial charge on any atom is -0.384 e. The Balaban J connectivity index is 0.00000121. The normalized spacial score (nSPS) is 8.83. The van der Waals surface area contributed by atoms with Gasteiger partial charge in [-0.3, -0.25) is 5.41 Å². The molecule has 6 heteroatoms. The summed E-state index contributed by atoms with van der Waals surface area (Å²) in [7, 11) is 0. The first-order valence-corrected chi connectivity index (χ1v) is 3.52. The predicted octanol–water partition coefficient (Wildman–Crippen LogP) is 2.09. The molecule has 0 aliphatic rings. The van der Waals surface area contributed by atoms with Gasteiger partial charge in [0, 0.05) is 5.56 Å². The molecule has 0 radical (unpaired) electrons. The van der Waals surface area contributed by atoms with Crippen molar-refractivity contribution >= 4 is 41.4 Å². The van der Waals surface area contributed by atoms with Crippen LogP contribution in [-0.2, 0) is 0 Å². The maximum Gasteiger partial charge on any atom is 0.131 e. The quantitative estimate of drug-likeness (QED) is 0.438. The van der Waals surface area contributed by atoms with Gasteiger partial charge in [0.05, 0.1) is 0 Å². The monoisotopic (exact) mass is 225 g/mol. The summed E-state index contributed by atoms with van der Waals surface area (Å²) in [6, 6.07) is 2.96. The lowest BCUT2D eigenvalue weighted by atomic mass is 10.2. The number of hydrogen-bond acceptors (Lipinski definition) is 2. The van der Waals surface area contributed by atoms with E-state index >= 15 is 0 Å². The van der Waals surface area contributed by atoms with Crippen LogP contribution in [0.15, 0.2) is 12.1 Å². The fourth-order valence-corrected chi connectivity index (χ4v) is 1.08. The van der Waals surface area contributed by atoms with Crippen molar-refractivity contribution in [3.05, 3.63) is 28.0 Å². The molecule has 1 rings (SSSR count). The number of halogens is 3. The molecule has 3 nitrogen and oxygen atoms in total. The van der Waals surface area contributed by atoms with Gasteiger partial charge in [-0.25, -0.2) is 4.98 Å². The summed E-state index contributed by atoms with van der Waals surface area (Å²) in [5.74, 6) is -0.0730. The van der Waals surface area contributed by atoms with Crippen molar-refractivity contribution in [1.29, 1.82) is 5.41 Å². The molecule has 0 amide bonds. The molecule has 66 valence electrons. The van der Waals surface area contributed by atoms with Gasteiger partial charge in [-0.1, -0.05) is 23.2 Å². The number of nitrogens with one attached hydrogen (secondary N) is 1. The van der Waals surface area contributed by atoms with Crippen molar-refractivity contribution in [2.24, 2.45) is 5.73 Å². The van der Waals surface area contributed by atoms with E-state index in [0.717, 1.165) is 0 Å². The third kappa shape index (κ3) is 2.85. The fourth-order valence-electron chi connectivity index (χ4n) is 0.620. The lowest BCUT2D eigenvalue weighted by Crippen LogP contribution is -2.11. The Morgan fingerprint density at radius 2 is 1.75 bits per heavy atom. The van der Waals surface area contributed by atoms with Gasteiger partial charge >= 0.3 is 0 Å². The number of nitrogens with two attached hydrogens (primary N) is 1. The SMILES string of the molecule is Cl.N=C(N)c1cc(Cl)nc(Cl)c1. The Hall–Kier alpha value is -0.510. The van der Waals surface area contributed by atoms with E-state index in [2.05, 4.69) is 4.98 Å². The van der Waals surface area contributed by atoms with Crippen molar-refractivity contribution in [3.63, 3.8) is 0 Å². The van der Waals surface area contributed by atoms with E-state index < -0.39 is 0 Å². The van der Waals surface area contributed by atoms with Crippen LogP contribution in [0.25, 0.3) is 0 Å². The van der Waals surface area contributed by atoms with Gasteiger partial charge in [-0.2, -0.15) is 0 Å². The second-order valence-electron chi connectivity index (χ2n) is 1.91. The molecule has 0 aliphatic carbocycles. The summed E-state index contributed by atoms with van der Waals surface area (Å²) < 4.78 is 0. The summed E-state index contributed by atoms with van der Waals surface area (Å²) in [5, 5.41) is 7.54. The van der Waals surface area contributed by atoms with Crippen LogP contribution in [-0.4, -0.2) is 10.8 Å². The van der Waals surface area contributed by atoms with E-state index in [0.29, 0.717) is 5.56 Å². The zero-order valence-electron chi connectivity index (χ0n) is 5.84. The van der Waals surface area contributed by atoms with Gasteiger partial charge in [-0.15, -0.1) is 12.4 Å². The molecule has 1 aromatic heterocycles. The highest BCUT2D eigenvalue weighted by Gasteiger charge is 2.00. The average molecular weight is 226 g/mol. The molecule has 0 bridgehead atoms. The van der Waals surface area contributed by atoms with E-state index in [9.17, 15) is 0 Å². The number of rotatable bonds is 1. The van der Waals surface area contributed by atoms with Gasteiger partial charge < -0.3 is 5.73 Å². The van der Waals surface area contributed by atoms with Crippen molar-refractivity contribution in [2.75, 3.05) is 0 Å². The molecule has 0 atom stereocenters. The first-order chi connectivity index (χ1) is 5.09. The third-order valence-electron chi connectivity index (χ3n) is 1.07. The Labute approximate surface area is 85.8 Å². The lowest BCUT2D eigenvalue weighted by molar-refractivity contribution is 1.30. The average Bonchev–Trinajstić information content (AvgIpc) is 1.85. The minimum absolute atomic E-state index is 0. The van der Waals surface area contributed by atoms with Crippen LogP contribution in [0, 0.1) is 5.41 Å². The van der Waals surface area contributed by atoms with Crippen LogP contribution in [0.5, 0.6) is 0 Å². The lowest BCUT2D eigenvalue weighted by Gasteiger charge is -1.98. The number of pyridine rings is 1. The van der Waals surface area contributed by atoms with Gasteiger partial charge in [0.2, 0.25) is 0 Å². The molecule has 0 unspecified atom stereocenters. The molecule has 0 saturated heterocycles. The zero-order valence-corrected chi connectivity index (χ0v) is 8.17. The van der Waals surface area contributed by atoms with Crippen molar-refractivity contribution in [3.8, 4) is 0 Å². The molecule has 0 aliphatic heterocycles. The molecule has 0 saturated carbocycles. The largest absolute Gasteiger partial charge is 0.384 e. The van der Waals surface area contributed by atoms with Crippen molar-refractivity contribution in [2.45, 2.75) is 0 Å². The van der Waals surface area contributed by atoms with Gasteiger partial charge in [0.15, 0.2) is 0 Å². The summed E-state index contributed by atoms with van der Waals surface area (Å²) in [6.07, 6.45) is 0. The first-order valence-electron chi connectivity index (χ1n) is 2.77. The van der Waals surface area contributed by atoms with Crippen LogP contribution >= 0.6 is 35.6 Å². The number of nitrogens with zero attached hydrogens (tertiary/aromatic N) is 1. The number of nitrogen functional groups attached to an aromatic ring is 1. The Morgan fingerprint density at radius 3 is 2.08 bits per heavy atom. The number of hydrogen-bond donors (Lipinski definition) is 2. The zero-order chi connectivity index (χ0) is 8.43. The molecular weight excluding hydrogens is 220 g/mol. The van der Waals surface area contributed by atoms with E-state index in [1.807, 2.05) is 0 Å². The summed E-state index contributed by atoms with van der Waals surface area (Å²) in [4.78, 5) is 3.70. The predicted molar refractivity (Wildman–Crippen MR) is 52.5 cm³/mol. The maximum atomic E-state index is 7.06. The number of aromatic nitrogens is 1. The summed E-state index contributed by atoms with van der Waals surface area (Å²) >= 11 is 11.1. The van der Waals surface area contributed by atoms with E-state index in [1.54, 1.807) is 0 Å². The van der Waals surface area contributed by atoms with Gasteiger partial charge in [0.25, 0.3) is 0 Å². The summed E-state index contributed by atoms with van der Waals surface area (Å²) in [6.45, 7) is 0. The fraction of sp³-hybridized carbons (Fsp3) is 0. The van der Waals surface area contributed by atoms with Crippen LogP contribution in [0.3, 0.4) is 0 Å². The highest BCUT2D eigenvalue weighted by Crippen LogP contribution is 2.13. The molecular formula is C6H6Cl3N3. The van der Waals surface area contributed by atoms with Crippen LogP contribution in [0.4, 0.5) is 0 Å². The Kier molecular flexibility index (Phi) is 4.31. The van der Waals surface area contributed by atoms with E-state index in [1.165, 1.54) is 12.1 Å². The molecule has 0 fully saturated rings. The van der Waals surface area contributed by atoms with E-state index in [4.69, 9.17) is 34.3 Å². The van der Waals surface area contributed by atoms with E-state index in [-0.39, 0.29) is 28.5 Å². The molecule has 12 heavy (non-hydrogen) atoms. The topological polar surface area (TPSA) is 62.8 Å². The third-order valence-corrected chi connectivity index (χ3v) is 1.46. The Bertz CT molecular complexity index is 280. The highest BCUT2D eigenvalue weighted by atomic mass is 35.5. The van der Waals surface area contributed by atoms with Gasteiger partial charge in [0.1, 0.15) is 16.1 Å². The summed E-state index contributed by atoms with van der Waals surface area (Å²) in [5.41, 5.74) is 5.67. The smallest absolute Gasteiger partial charge is 0.131 e. The molecule has 0 aromatic carbocycles. The van der Waals surface area contributed by atoms with Crippen molar-refractivity contribution in [1.82, 2.24) is 4.98 Å².